The van der Waals surface area contributed by atoms with E-state index in [1.54, 1.807) is 0 Å². The van der Waals surface area contributed by atoms with Crippen LogP contribution >= 0.6 is 0 Å². The van der Waals surface area contributed by atoms with Crippen molar-refractivity contribution in [2.24, 2.45) is 5.41 Å². The number of nitrogen functional groups attached to an aromatic ring is 1. The molecule has 0 radical (unpaired) electrons. The summed E-state index contributed by atoms with van der Waals surface area (Å²) < 4.78 is 5.84. The van der Waals surface area contributed by atoms with Crippen LogP contribution in [0.15, 0.2) is 42.5 Å². The Kier molecular flexibility index (Phi) is 6.33. The van der Waals surface area contributed by atoms with Gasteiger partial charge in [-0.1, -0.05) is 31.2 Å². The van der Waals surface area contributed by atoms with Gasteiger partial charge in [0.05, 0.1) is 11.7 Å². The lowest BCUT2D eigenvalue weighted by atomic mass is 9.80. The number of anilines is 1. The van der Waals surface area contributed by atoms with Gasteiger partial charge in [-0.2, -0.15) is 0 Å². The van der Waals surface area contributed by atoms with Crippen molar-refractivity contribution < 1.29 is 9.53 Å². The topological polar surface area (TPSA) is 58.8 Å². The molecule has 0 bridgehead atoms. The highest BCUT2D eigenvalue weighted by Crippen LogP contribution is 2.69. The molecule has 2 heterocycles. The number of hydrogen-bond donors (Lipinski definition) is 1. The third-order valence-corrected chi connectivity index (χ3v) is 9.18. The number of carbonyl (C=O) groups is 1. The first-order valence-electron chi connectivity index (χ1n) is 13.4. The number of para-hydroxylation sites is 1. The van der Waals surface area contributed by atoms with Gasteiger partial charge >= 0.3 is 0 Å². The van der Waals surface area contributed by atoms with Gasteiger partial charge in [-0.15, -0.1) is 0 Å². The van der Waals surface area contributed by atoms with E-state index in [0.29, 0.717) is 28.1 Å². The average molecular weight is 476 g/mol. The van der Waals surface area contributed by atoms with E-state index in [9.17, 15) is 4.79 Å². The highest BCUT2D eigenvalue weighted by atomic mass is 16.5. The standard InChI is InChI=1S/C30H41N3O2/c1-21(2)35-25-10-8-23(9-11-25)29(4)20-30(29)14-18-32(19-15-30)24-12-16-33(17-13-24)28(34)26-7-5-6-22(3)27(26)31/h5-11,21,24H,12-20,31H2,1-4H3. The van der Waals surface area contributed by atoms with Gasteiger partial charge in [-0.3, -0.25) is 4.79 Å². The van der Waals surface area contributed by atoms with Crippen LogP contribution in [-0.2, 0) is 5.41 Å². The van der Waals surface area contributed by atoms with Crippen molar-refractivity contribution >= 4 is 11.6 Å². The van der Waals surface area contributed by atoms with Crippen molar-refractivity contribution in [2.75, 3.05) is 31.9 Å². The molecule has 5 rings (SSSR count). The molecular weight excluding hydrogens is 434 g/mol. The summed E-state index contributed by atoms with van der Waals surface area (Å²) in [6.07, 6.45) is 6.15. The maximum atomic E-state index is 13.1. The Morgan fingerprint density at radius 2 is 1.69 bits per heavy atom. The molecule has 2 N–H and O–H groups in total. The van der Waals surface area contributed by atoms with Crippen molar-refractivity contribution in [1.82, 2.24) is 9.80 Å². The van der Waals surface area contributed by atoms with E-state index in [-0.39, 0.29) is 12.0 Å². The van der Waals surface area contributed by atoms with Gasteiger partial charge in [0.1, 0.15) is 5.75 Å². The Labute approximate surface area is 210 Å². The fraction of sp³-hybridized carbons (Fsp3) is 0.567. The Hall–Kier alpha value is -2.53. The number of likely N-dealkylation sites (tertiary alicyclic amines) is 2. The van der Waals surface area contributed by atoms with Gasteiger partial charge in [0.25, 0.3) is 5.91 Å². The first-order valence-corrected chi connectivity index (χ1v) is 13.4. The highest BCUT2D eigenvalue weighted by Gasteiger charge is 2.64. The second-order valence-corrected chi connectivity index (χ2v) is 11.6. The quantitative estimate of drug-likeness (QED) is 0.587. The Balaban J connectivity index is 1.14. The minimum atomic E-state index is 0.0841. The SMILES string of the molecule is Cc1cccc(C(=O)N2CCC(N3CCC4(CC3)CC4(C)c3ccc(OC(C)C)cc3)CC2)c1N. The molecule has 1 saturated carbocycles. The Bertz CT molecular complexity index is 1060. The Morgan fingerprint density at radius 3 is 2.31 bits per heavy atom. The van der Waals surface area contributed by atoms with Crippen LogP contribution in [0.4, 0.5) is 5.69 Å². The minimum absolute atomic E-state index is 0.0841. The van der Waals surface area contributed by atoms with Crippen LogP contribution in [-0.4, -0.2) is 54.0 Å². The summed E-state index contributed by atoms with van der Waals surface area (Å²) in [6, 6.07) is 15.2. The lowest BCUT2D eigenvalue weighted by Crippen LogP contribution is -2.49. The molecule has 2 aromatic rings. The predicted octanol–water partition coefficient (Wildman–Crippen LogP) is 5.41. The molecule has 1 amide bonds. The van der Waals surface area contributed by atoms with Crippen molar-refractivity contribution in [1.29, 1.82) is 0 Å². The lowest BCUT2D eigenvalue weighted by molar-refractivity contribution is 0.0519. The number of nitrogens with zero attached hydrogens (tertiary/aromatic N) is 2. The molecule has 5 heteroatoms. The van der Waals surface area contributed by atoms with E-state index in [1.807, 2.05) is 30.0 Å². The van der Waals surface area contributed by atoms with Crippen LogP contribution in [0, 0.1) is 12.3 Å². The van der Waals surface area contributed by atoms with E-state index >= 15 is 0 Å². The molecule has 2 saturated heterocycles. The number of carbonyl (C=O) groups excluding carboxylic acids is 1. The van der Waals surface area contributed by atoms with Gasteiger partial charge in [0.2, 0.25) is 0 Å². The zero-order valence-electron chi connectivity index (χ0n) is 21.8. The van der Waals surface area contributed by atoms with E-state index in [1.165, 1.54) is 37.9 Å². The number of ether oxygens (including phenoxy) is 1. The number of hydrogen-bond acceptors (Lipinski definition) is 4. The summed E-state index contributed by atoms with van der Waals surface area (Å²) in [4.78, 5) is 17.8. The number of rotatable bonds is 5. The van der Waals surface area contributed by atoms with Crippen LogP contribution in [0.3, 0.4) is 0 Å². The third-order valence-electron chi connectivity index (χ3n) is 9.18. The third kappa shape index (κ3) is 4.44. The van der Waals surface area contributed by atoms with E-state index in [4.69, 9.17) is 10.5 Å². The molecule has 0 aromatic heterocycles. The number of aryl methyl sites for hydroxylation is 1. The van der Waals surface area contributed by atoms with Crippen molar-refractivity contribution in [2.45, 2.75) is 77.4 Å². The number of piperidine rings is 2. The van der Waals surface area contributed by atoms with Crippen LogP contribution in [0.2, 0.25) is 0 Å². The summed E-state index contributed by atoms with van der Waals surface area (Å²) in [5.74, 6) is 1.05. The Morgan fingerprint density at radius 1 is 1.03 bits per heavy atom. The fourth-order valence-electron chi connectivity index (χ4n) is 6.73. The largest absolute Gasteiger partial charge is 0.491 e. The maximum absolute atomic E-state index is 13.1. The maximum Gasteiger partial charge on any atom is 0.255 e. The van der Waals surface area contributed by atoms with Crippen molar-refractivity contribution in [3.63, 3.8) is 0 Å². The van der Waals surface area contributed by atoms with Crippen LogP contribution in [0.1, 0.15) is 74.4 Å². The molecule has 1 aliphatic carbocycles. The molecule has 5 nitrogen and oxygen atoms in total. The second-order valence-electron chi connectivity index (χ2n) is 11.6. The molecule has 1 atom stereocenters. The summed E-state index contributed by atoms with van der Waals surface area (Å²) in [5, 5.41) is 0. The normalized spacial score (nSPS) is 24.7. The van der Waals surface area contributed by atoms with Gasteiger partial charge in [0.15, 0.2) is 0 Å². The van der Waals surface area contributed by atoms with Crippen molar-refractivity contribution in [3.8, 4) is 5.75 Å². The zero-order chi connectivity index (χ0) is 24.8. The minimum Gasteiger partial charge on any atom is -0.491 e. The molecule has 3 aliphatic rings. The lowest BCUT2D eigenvalue weighted by Gasteiger charge is -2.43. The van der Waals surface area contributed by atoms with Crippen LogP contribution in [0.5, 0.6) is 5.75 Å². The summed E-state index contributed by atoms with van der Waals surface area (Å²) in [5.41, 5.74) is 10.6. The predicted molar refractivity (Wildman–Crippen MR) is 142 cm³/mol. The van der Waals surface area contributed by atoms with Crippen molar-refractivity contribution in [3.05, 3.63) is 59.2 Å². The van der Waals surface area contributed by atoms with E-state index < -0.39 is 0 Å². The highest BCUT2D eigenvalue weighted by molar-refractivity contribution is 5.99. The molecule has 2 aliphatic heterocycles. The molecule has 1 unspecified atom stereocenters. The number of amides is 1. The first kappa shape index (κ1) is 24.2. The van der Waals surface area contributed by atoms with E-state index in [2.05, 4.69) is 49.9 Å². The second kappa shape index (κ2) is 9.16. The van der Waals surface area contributed by atoms with Gasteiger partial charge in [-0.25, -0.2) is 0 Å². The number of benzene rings is 2. The first-order chi connectivity index (χ1) is 16.7. The monoisotopic (exact) mass is 475 g/mol. The molecular formula is C30H41N3O2. The van der Waals surface area contributed by atoms with Gasteiger partial charge < -0.3 is 20.3 Å². The molecule has 2 aromatic carbocycles. The zero-order valence-corrected chi connectivity index (χ0v) is 21.8. The van der Waals surface area contributed by atoms with Crippen LogP contribution < -0.4 is 10.5 Å². The fourth-order valence-corrected chi connectivity index (χ4v) is 6.73. The number of nitrogens with two attached hydrogens (primary N) is 1. The summed E-state index contributed by atoms with van der Waals surface area (Å²) >= 11 is 0. The van der Waals surface area contributed by atoms with E-state index in [0.717, 1.165) is 37.2 Å². The molecule has 1 spiro atoms. The summed E-state index contributed by atoms with van der Waals surface area (Å²) in [6.45, 7) is 12.6. The molecule has 3 fully saturated rings. The molecule has 35 heavy (non-hydrogen) atoms. The van der Waals surface area contributed by atoms with Crippen LogP contribution in [0.25, 0.3) is 0 Å². The molecule has 188 valence electrons. The smallest absolute Gasteiger partial charge is 0.255 e. The van der Waals surface area contributed by atoms with Gasteiger partial charge in [-0.05, 0) is 106 Å². The summed E-state index contributed by atoms with van der Waals surface area (Å²) in [7, 11) is 0. The van der Waals surface area contributed by atoms with Gasteiger partial charge in [0, 0.05) is 24.8 Å². The average Bonchev–Trinajstić information content (AvgIpc) is 3.44.